The van der Waals surface area contributed by atoms with Crippen LogP contribution in [0.2, 0.25) is 0 Å². The summed E-state index contributed by atoms with van der Waals surface area (Å²) in [6, 6.07) is 7.51. The minimum Gasteiger partial charge on any atom is -0.390 e. The Morgan fingerprint density at radius 2 is 2.09 bits per heavy atom. The maximum absolute atomic E-state index is 12.1. The lowest BCUT2D eigenvalue weighted by atomic mass is 9.98. The maximum Gasteiger partial charge on any atom is 0.251 e. The number of nitrogens with zero attached hydrogens (tertiary/aromatic N) is 1. The predicted molar refractivity (Wildman–Crippen MR) is 90.6 cm³/mol. The van der Waals surface area contributed by atoms with Crippen LogP contribution in [0.4, 0.5) is 0 Å². The average Bonchev–Trinajstić information content (AvgIpc) is 2.98. The lowest BCUT2D eigenvalue weighted by Gasteiger charge is -2.16. The molecule has 5 nitrogen and oxygen atoms in total. The van der Waals surface area contributed by atoms with Crippen molar-refractivity contribution in [2.45, 2.75) is 58.2 Å². The molecule has 1 amide bonds. The third kappa shape index (κ3) is 5.67. The zero-order chi connectivity index (χ0) is 16.9. The first-order chi connectivity index (χ1) is 10.9. The summed E-state index contributed by atoms with van der Waals surface area (Å²) in [5, 5.41) is 16.6. The van der Waals surface area contributed by atoms with E-state index in [4.69, 9.17) is 4.84 Å². The fourth-order valence-corrected chi connectivity index (χ4v) is 2.39. The molecule has 1 heterocycles. The second kappa shape index (κ2) is 7.59. The third-order valence-corrected chi connectivity index (χ3v) is 3.93. The van der Waals surface area contributed by atoms with Gasteiger partial charge in [0.05, 0.1) is 17.9 Å². The molecule has 0 aliphatic carbocycles. The number of hydrogen-bond donors (Lipinski definition) is 2. The van der Waals surface area contributed by atoms with E-state index in [-0.39, 0.29) is 12.0 Å². The minimum absolute atomic E-state index is 0.0556. The number of carbonyl (C=O) groups excluding carboxylic acids is 1. The highest BCUT2D eigenvalue weighted by Crippen LogP contribution is 2.14. The molecule has 2 N–H and O–H groups in total. The molecule has 0 radical (unpaired) electrons. The van der Waals surface area contributed by atoms with E-state index in [1.54, 1.807) is 13.8 Å². The fourth-order valence-electron chi connectivity index (χ4n) is 2.39. The van der Waals surface area contributed by atoms with Gasteiger partial charge in [0.2, 0.25) is 0 Å². The molecule has 1 aliphatic rings. The van der Waals surface area contributed by atoms with Gasteiger partial charge >= 0.3 is 0 Å². The second-order valence-corrected chi connectivity index (χ2v) is 6.66. The number of nitrogens with one attached hydrogen (secondary N) is 1. The van der Waals surface area contributed by atoms with Gasteiger partial charge in [0.25, 0.3) is 5.91 Å². The number of aryl methyl sites for hydroxylation is 1. The number of benzene rings is 1. The second-order valence-electron chi connectivity index (χ2n) is 6.66. The van der Waals surface area contributed by atoms with E-state index in [9.17, 15) is 9.90 Å². The largest absolute Gasteiger partial charge is 0.390 e. The highest BCUT2D eigenvalue weighted by Gasteiger charge is 2.20. The first-order valence-corrected chi connectivity index (χ1v) is 8.18. The Bertz CT molecular complexity index is 559. The van der Waals surface area contributed by atoms with E-state index >= 15 is 0 Å². The van der Waals surface area contributed by atoms with Gasteiger partial charge in [-0.15, -0.1) is 0 Å². The molecule has 1 atom stereocenters. The molecule has 0 unspecified atom stereocenters. The van der Waals surface area contributed by atoms with Crippen LogP contribution in [0.5, 0.6) is 0 Å². The van der Waals surface area contributed by atoms with Crippen molar-refractivity contribution < 1.29 is 14.7 Å². The number of hydrogen-bond acceptors (Lipinski definition) is 4. The Morgan fingerprint density at radius 1 is 1.39 bits per heavy atom. The summed E-state index contributed by atoms with van der Waals surface area (Å²) < 4.78 is 0. The van der Waals surface area contributed by atoms with Crippen LogP contribution in [0.25, 0.3) is 0 Å². The summed E-state index contributed by atoms with van der Waals surface area (Å²) >= 11 is 0. The molecule has 2 rings (SSSR count). The molecule has 0 spiro atoms. The Kier molecular flexibility index (Phi) is 5.77. The number of oxime groups is 1. The van der Waals surface area contributed by atoms with Crippen LogP contribution in [0.15, 0.2) is 29.4 Å². The molecule has 0 fully saturated rings. The third-order valence-electron chi connectivity index (χ3n) is 3.93. The summed E-state index contributed by atoms with van der Waals surface area (Å²) in [6.07, 6.45) is 3.10. The number of aliphatic hydroxyl groups is 1. The number of rotatable bonds is 7. The molecule has 23 heavy (non-hydrogen) atoms. The summed E-state index contributed by atoms with van der Waals surface area (Å²) in [7, 11) is 0. The zero-order valence-electron chi connectivity index (χ0n) is 14.1. The van der Waals surface area contributed by atoms with Crippen molar-refractivity contribution in [3.63, 3.8) is 0 Å². The van der Waals surface area contributed by atoms with Crippen molar-refractivity contribution in [2.24, 2.45) is 5.16 Å². The monoisotopic (exact) mass is 318 g/mol. The van der Waals surface area contributed by atoms with Crippen molar-refractivity contribution in [3.05, 3.63) is 35.4 Å². The Morgan fingerprint density at radius 3 is 2.65 bits per heavy atom. The van der Waals surface area contributed by atoms with Crippen LogP contribution in [0.3, 0.4) is 0 Å². The average molecular weight is 318 g/mol. The predicted octanol–water partition coefficient (Wildman–Crippen LogP) is 2.67. The van der Waals surface area contributed by atoms with E-state index < -0.39 is 5.60 Å². The molecule has 5 heteroatoms. The molecule has 0 bridgehead atoms. The normalized spacial score (nSPS) is 17.6. The van der Waals surface area contributed by atoms with E-state index in [1.165, 1.54) is 0 Å². The van der Waals surface area contributed by atoms with Crippen LogP contribution in [-0.4, -0.2) is 35.0 Å². The van der Waals surface area contributed by atoms with Gasteiger partial charge in [0, 0.05) is 12.0 Å². The van der Waals surface area contributed by atoms with Crippen molar-refractivity contribution in [3.8, 4) is 0 Å². The van der Waals surface area contributed by atoms with Gasteiger partial charge in [0.1, 0.15) is 6.10 Å². The molecule has 1 aromatic rings. The molecule has 0 saturated carbocycles. The van der Waals surface area contributed by atoms with E-state index in [0.717, 1.165) is 30.5 Å². The SMILES string of the molecule is CCC1=NO[C@@H](CNC(=O)c2ccc(CCC(C)(C)O)cc2)C1. The molecule has 1 aromatic carbocycles. The minimum atomic E-state index is -0.670. The molecule has 0 aromatic heterocycles. The molecule has 126 valence electrons. The van der Waals surface area contributed by atoms with Crippen molar-refractivity contribution in [2.75, 3.05) is 6.54 Å². The van der Waals surface area contributed by atoms with Crippen LogP contribution in [0, 0.1) is 0 Å². The van der Waals surface area contributed by atoms with Gasteiger partial charge in [-0.3, -0.25) is 4.79 Å². The molecular formula is C18H26N2O3. The highest BCUT2D eigenvalue weighted by molar-refractivity contribution is 5.94. The van der Waals surface area contributed by atoms with Gasteiger partial charge in [-0.25, -0.2) is 0 Å². The lowest BCUT2D eigenvalue weighted by Crippen LogP contribution is -2.32. The number of carbonyl (C=O) groups is 1. The fraction of sp³-hybridized carbons (Fsp3) is 0.556. The van der Waals surface area contributed by atoms with Gasteiger partial charge in [-0.1, -0.05) is 24.2 Å². The Labute approximate surface area is 137 Å². The summed E-state index contributed by atoms with van der Waals surface area (Å²) in [5.74, 6) is -0.104. The zero-order valence-corrected chi connectivity index (χ0v) is 14.1. The van der Waals surface area contributed by atoms with E-state index in [1.807, 2.05) is 31.2 Å². The smallest absolute Gasteiger partial charge is 0.251 e. The van der Waals surface area contributed by atoms with E-state index in [2.05, 4.69) is 10.5 Å². The topological polar surface area (TPSA) is 70.9 Å². The van der Waals surface area contributed by atoms with Crippen molar-refractivity contribution in [1.82, 2.24) is 5.32 Å². The van der Waals surface area contributed by atoms with E-state index in [0.29, 0.717) is 18.5 Å². The highest BCUT2D eigenvalue weighted by atomic mass is 16.6. The number of amides is 1. The Balaban J connectivity index is 1.79. The summed E-state index contributed by atoms with van der Waals surface area (Å²) in [4.78, 5) is 17.4. The summed E-state index contributed by atoms with van der Waals surface area (Å²) in [6.45, 7) is 6.11. The van der Waals surface area contributed by atoms with Crippen LogP contribution < -0.4 is 5.32 Å². The van der Waals surface area contributed by atoms with Crippen molar-refractivity contribution >= 4 is 11.6 Å². The van der Waals surface area contributed by atoms with Gasteiger partial charge in [-0.2, -0.15) is 0 Å². The Hall–Kier alpha value is -1.88. The maximum atomic E-state index is 12.1. The van der Waals surface area contributed by atoms with Crippen molar-refractivity contribution in [1.29, 1.82) is 0 Å². The van der Waals surface area contributed by atoms with Crippen LogP contribution in [-0.2, 0) is 11.3 Å². The molecule has 0 saturated heterocycles. The van der Waals surface area contributed by atoms with Gasteiger partial charge in [-0.05, 0) is 50.8 Å². The van der Waals surface area contributed by atoms with Gasteiger partial charge < -0.3 is 15.3 Å². The lowest BCUT2D eigenvalue weighted by molar-refractivity contribution is 0.0713. The first kappa shape index (κ1) is 17.5. The van der Waals surface area contributed by atoms with Crippen LogP contribution in [0.1, 0.15) is 56.0 Å². The molecule has 1 aliphatic heterocycles. The summed E-state index contributed by atoms with van der Waals surface area (Å²) in [5.41, 5.74) is 2.12. The first-order valence-electron chi connectivity index (χ1n) is 8.18. The van der Waals surface area contributed by atoms with Crippen LogP contribution >= 0.6 is 0 Å². The standard InChI is InChI=1S/C18H26N2O3/c1-4-15-11-16(23-20-15)12-19-17(21)14-7-5-13(6-8-14)9-10-18(2,3)22/h5-8,16,22H,4,9-12H2,1-3H3,(H,19,21)/t16-/m1/s1. The van der Waals surface area contributed by atoms with Gasteiger partial charge in [0.15, 0.2) is 0 Å². The quantitative estimate of drug-likeness (QED) is 0.812. The molecular weight excluding hydrogens is 292 g/mol.